The van der Waals surface area contributed by atoms with E-state index in [0.29, 0.717) is 12.4 Å². The summed E-state index contributed by atoms with van der Waals surface area (Å²) in [6.45, 7) is 0. The van der Waals surface area contributed by atoms with E-state index < -0.39 is 27.9 Å². The van der Waals surface area contributed by atoms with Gasteiger partial charge in [0.05, 0.1) is 4.92 Å². The summed E-state index contributed by atoms with van der Waals surface area (Å²) >= 11 is 0. The van der Waals surface area contributed by atoms with Gasteiger partial charge in [0.2, 0.25) is 0 Å². The quantitative estimate of drug-likeness (QED) is 0.433. The van der Waals surface area contributed by atoms with Gasteiger partial charge in [0, 0.05) is 12.4 Å². The molecule has 0 aliphatic rings. The van der Waals surface area contributed by atoms with Crippen LogP contribution in [0.5, 0.6) is 0 Å². The molecule has 5 nitrogen and oxygen atoms in total. The zero-order valence-corrected chi connectivity index (χ0v) is 6.99. The number of hydrogen-bond donors (Lipinski definition) is 0. The average Bonchev–Trinajstić information content (AvgIpc) is 2.15. The lowest BCUT2D eigenvalue weighted by Gasteiger charge is -2.06. The van der Waals surface area contributed by atoms with Crippen molar-refractivity contribution in [1.29, 1.82) is 0 Å². The molecule has 0 aliphatic carbocycles. The summed E-state index contributed by atoms with van der Waals surface area (Å²) in [5.74, 6) is 0. The van der Waals surface area contributed by atoms with Gasteiger partial charge in [-0.2, -0.15) is 13.2 Å². The molecular weight excluding hydrogens is 217 g/mol. The van der Waals surface area contributed by atoms with Crippen molar-refractivity contribution in [2.75, 3.05) is 0 Å². The van der Waals surface area contributed by atoms with Gasteiger partial charge < -0.3 is 0 Å². The number of nitrogens with zero attached hydrogens (tertiary/aromatic N) is 2. The number of carbonyl (C=O) groups is 1. The summed E-state index contributed by atoms with van der Waals surface area (Å²) in [6.07, 6.45) is -3.93. The van der Waals surface area contributed by atoms with Gasteiger partial charge in [-0.15, -0.1) is 0 Å². The summed E-state index contributed by atoms with van der Waals surface area (Å²) in [6, 6.07) is 0. The summed E-state index contributed by atoms with van der Waals surface area (Å²) in [4.78, 5) is 22.5. The lowest BCUT2D eigenvalue weighted by Crippen LogP contribution is -2.11. The smallest absolute Gasteiger partial charge is 0.298 e. The highest BCUT2D eigenvalue weighted by Crippen LogP contribution is 2.36. The molecule has 0 N–H and O–H groups in total. The first kappa shape index (κ1) is 11.1. The number of halogens is 3. The normalized spacial score (nSPS) is 11.1. The molecule has 0 amide bonds. The van der Waals surface area contributed by atoms with Gasteiger partial charge in [-0.1, -0.05) is 0 Å². The Morgan fingerprint density at radius 2 is 2.00 bits per heavy atom. The van der Waals surface area contributed by atoms with Crippen molar-refractivity contribution in [2.45, 2.75) is 6.18 Å². The van der Waals surface area contributed by atoms with Crippen LogP contribution in [-0.2, 0) is 6.18 Å². The second-order valence-corrected chi connectivity index (χ2v) is 2.50. The van der Waals surface area contributed by atoms with E-state index in [1.165, 1.54) is 0 Å². The largest absolute Gasteiger partial charge is 0.424 e. The van der Waals surface area contributed by atoms with Crippen molar-refractivity contribution >= 4 is 12.0 Å². The molecule has 15 heavy (non-hydrogen) atoms. The predicted octanol–water partition coefficient (Wildman–Crippen LogP) is 1.82. The second kappa shape index (κ2) is 3.64. The molecule has 1 aromatic heterocycles. The second-order valence-electron chi connectivity index (χ2n) is 2.50. The molecule has 0 aromatic carbocycles. The van der Waals surface area contributed by atoms with Crippen molar-refractivity contribution < 1.29 is 22.9 Å². The maximum Gasteiger partial charge on any atom is 0.424 e. The van der Waals surface area contributed by atoms with Gasteiger partial charge in [0.1, 0.15) is 5.56 Å². The van der Waals surface area contributed by atoms with Crippen molar-refractivity contribution in [2.24, 2.45) is 0 Å². The topological polar surface area (TPSA) is 73.1 Å². The van der Waals surface area contributed by atoms with Crippen LogP contribution in [0.25, 0.3) is 0 Å². The number of rotatable bonds is 2. The van der Waals surface area contributed by atoms with Crippen LogP contribution in [0.2, 0.25) is 0 Å². The van der Waals surface area contributed by atoms with Crippen LogP contribution < -0.4 is 0 Å². The van der Waals surface area contributed by atoms with E-state index in [2.05, 4.69) is 4.98 Å². The van der Waals surface area contributed by atoms with Crippen LogP contribution >= 0.6 is 0 Å². The van der Waals surface area contributed by atoms with Crippen molar-refractivity contribution in [3.8, 4) is 0 Å². The fraction of sp³-hybridized carbons (Fsp3) is 0.143. The molecule has 0 bridgehead atoms. The lowest BCUT2D eigenvalue weighted by molar-refractivity contribution is -0.388. The Hall–Kier alpha value is -1.99. The molecule has 0 aliphatic heterocycles. The van der Waals surface area contributed by atoms with Gasteiger partial charge in [-0.05, 0) is 0 Å². The molecule has 0 saturated heterocycles. The minimum absolute atomic E-state index is 0.0413. The summed E-state index contributed by atoms with van der Waals surface area (Å²) in [5.41, 5.74) is -3.50. The van der Waals surface area contributed by atoms with Crippen LogP contribution in [0.15, 0.2) is 12.4 Å². The van der Waals surface area contributed by atoms with Gasteiger partial charge >= 0.3 is 6.18 Å². The Morgan fingerprint density at radius 1 is 1.40 bits per heavy atom. The molecule has 1 heterocycles. The van der Waals surface area contributed by atoms with Gasteiger partial charge in [-0.3, -0.25) is 19.9 Å². The Labute approximate surface area is 80.7 Å². The monoisotopic (exact) mass is 220 g/mol. The van der Waals surface area contributed by atoms with Gasteiger partial charge in [-0.25, -0.2) is 0 Å². The SMILES string of the molecule is O=Cc1cncc(C(F)(F)F)c1[N+](=O)[O-]. The number of alkyl halides is 3. The first-order valence-corrected chi connectivity index (χ1v) is 3.52. The van der Waals surface area contributed by atoms with E-state index in [0.717, 1.165) is 0 Å². The van der Waals surface area contributed by atoms with E-state index in [4.69, 9.17) is 0 Å². The number of aldehydes is 1. The van der Waals surface area contributed by atoms with Gasteiger partial charge in [0.15, 0.2) is 11.8 Å². The highest BCUT2D eigenvalue weighted by Gasteiger charge is 2.40. The standard InChI is InChI=1S/C7H3F3N2O3/c8-7(9,10)5-2-11-1-4(3-13)6(5)12(14)15/h1-3H. The zero-order valence-electron chi connectivity index (χ0n) is 6.99. The van der Waals surface area contributed by atoms with E-state index in [9.17, 15) is 28.1 Å². The minimum Gasteiger partial charge on any atom is -0.298 e. The van der Waals surface area contributed by atoms with E-state index in [-0.39, 0.29) is 6.29 Å². The number of nitro groups is 1. The van der Waals surface area contributed by atoms with Crippen LogP contribution in [0.1, 0.15) is 15.9 Å². The number of hydrogen-bond acceptors (Lipinski definition) is 4. The molecule has 8 heteroatoms. The molecule has 0 unspecified atom stereocenters. The highest BCUT2D eigenvalue weighted by molar-refractivity contribution is 5.81. The molecule has 0 atom stereocenters. The van der Waals surface area contributed by atoms with E-state index in [1.54, 1.807) is 0 Å². The number of carbonyl (C=O) groups excluding carboxylic acids is 1. The summed E-state index contributed by atoms with van der Waals surface area (Å²) < 4.78 is 36.8. The maximum absolute atomic E-state index is 12.3. The van der Waals surface area contributed by atoms with Crippen LogP contribution in [0.3, 0.4) is 0 Å². The molecule has 1 rings (SSSR count). The molecule has 0 saturated carbocycles. The Morgan fingerprint density at radius 3 is 2.40 bits per heavy atom. The van der Waals surface area contributed by atoms with Gasteiger partial charge in [0.25, 0.3) is 5.69 Å². The van der Waals surface area contributed by atoms with E-state index in [1.807, 2.05) is 0 Å². The van der Waals surface area contributed by atoms with Crippen LogP contribution in [-0.4, -0.2) is 16.2 Å². The third-order valence-electron chi connectivity index (χ3n) is 1.56. The van der Waals surface area contributed by atoms with Crippen molar-refractivity contribution in [1.82, 2.24) is 4.98 Å². The molecular formula is C7H3F3N2O3. The fourth-order valence-corrected chi connectivity index (χ4v) is 0.967. The minimum atomic E-state index is -4.91. The van der Waals surface area contributed by atoms with Crippen LogP contribution in [0, 0.1) is 10.1 Å². The molecule has 0 radical (unpaired) electrons. The third-order valence-corrected chi connectivity index (χ3v) is 1.56. The Bertz CT molecular complexity index is 416. The lowest BCUT2D eigenvalue weighted by atomic mass is 10.1. The summed E-state index contributed by atoms with van der Waals surface area (Å²) in [7, 11) is 0. The zero-order chi connectivity index (χ0) is 11.6. The Balaban J connectivity index is 3.52. The van der Waals surface area contributed by atoms with Crippen molar-refractivity contribution in [3.63, 3.8) is 0 Å². The maximum atomic E-state index is 12.3. The molecule has 80 valence electrons. The molecule has 1 aromatic rings. The first-order valence-electron chi connectivity index (χ1n) is 3.52. The fourth-order valence-electron chi connectivity index (χ4n) is 0.967. The Kier molecular flexibility index (Phi) is 2.69. The van der Waals surface area contributed by atoms with Crippen LogP contribution in [0.4, 0.5) is 18.9 Å². The summed E-state index contributed by atoms with van der Waals surface area (Å²) in [5, 5.41) is 10.4. The number of aromatic nitrogens is 1. The van der Waals surface area contributed by atoms with E-state index >= 15 is 0 Å². The predicted molar refractivity (Wildman–Crippen MR) is 41.3 cm³/mol. The van der Waals surface area contributed by atoms with Crippen molar-refractivity contribution in [3.05, 3.63) is 33.6 Å². The third kappa shape index (κ3) is 2.09. The first-order chi connectivity index (χ1) is 6.88. The average molecular weight is 220 g/mol. The molecule has 0 fully saturated rings. The highest BCUT2D eigenvalue weighted by atomic mass is 19.4. The number of pyridine rings is 1. The molecule has 0 spiro atoms.